The highest BCUT2D eigenvalue weighted by atomic mass is 19.4. The van der Waals surface area contributed by atoms with E-state index in [9.17, 15) is 18.0 Å². The van der Waals surface area contributed by atoms with Crippen molar-refractivity contribution < 1.29 is 18.0 Å². The molecule has 19 heavy (non-hydrogen) atoms. The quantitative estimate of drug-likeness (QED) is 0.809. The smallest absolute Gasteiger partial charge is 0.399 e. The van der Waals surface area contributed by atoms with E-state index in [1.165, 1.54) is 17.0 Å². The van der Waals surface area contributed by atoms with Gasteiger partial charge in [0.05, 0.1) is 5.56 Å². The van der Waals surface area contributed by atoms with Crippen molar-refractivity contribution in [3.63, 3.8) is 0 Å². The Morgan fingerprint density at radius 3 is 2.63 bits per heavy atom. The van der Waals surface area contributed by atoms with Crippen LogP contribution in [0, 0.1) is 0 Å². The van der Waals surface area contributed by atoms with Crippen LogP contribution in [0.1, 0.15) is 12.0 Å². The lowest BCUT2D eigenvalue weighted by Gasteiger charge is -2.18. The molecule has 4 nitrogen and oxygen atoms in total. The second kappa shape index (κ2) is 4.64. The minimum atomic E-state index is -4.51. The molecule has 0 saturated carbocycles. The molecule has 1 aliphatic rings. The van der Waals surface area contributed by atoms with E-state index in [4.69, 9.17) is 5.73 Å². The first kappa shape index (κ1) is 13.5. The van der Waals surface area contributed by atoms with Crippen LogP contribution in [0.15, 0.2) is 18.2 Å². The van der Waals surface area contributed by atoms with Crippen molar-refractivity contribution in [1.29, 1.82) is 0 Å². The number of anilines is 2. The van der Waals surface area contributed by atoms with Gasteiger partial charge in [-0.15, -0.1) is 0 Å². The Morgan fingerprint density at radius 1 is 1.42 bits per heavy atom. The van der Waals surface area contributed by atoms with Crippen molar-refractivity contribution in [2.45, 2.75) is 18.6 Å². The summed E-state index contributed by atoms with van der Waals surface area (Å²) in [5, 5.41) is 2.66. The summed E-state index contributed by atoms with van der Waals surface area (Å²) in [7, 11) is 1.62. The lowest BCUT2D eigenvalue weighted by Crippen LogP contribution is -2.31. The summed E-state index contributed by atoms with van der Waals surface area (Å²) in [5.74, 6) is -0.204. The van der Waals surface area contributed by atoms with Gasteiger partial charge in [0.25, 0.3) is 0 Å². The molecule has 2 rings (SSSR count). The van der Waals surface area contributed by atoms with Crippen LogP contribution in [0.25, 0.3) is 0 Å². The molecule has 0 aromatic heterocycles. The number of likely N-dealkylation sites (N-methyl/N-ethyl adjacent to an activating group) is 1. The monoisotopic (exact) mass is 273 g/mol. The number of alkyl halides is 3. The van der Waals surface area contributed by atoms with Gasteiger partial charge in [-0.2, -0.15) is 13.2 Å². The number of hydrogen-bond acceptors (Lipinski definition) is 3. The van der Waals surface area contributed by atoms with Crippen molar-refractivity contribution in [3.8, 4) is 0 Å². The fraction of sp³-hybridized carbons (Fsp3) is 0.417. The number of nitrogens with two attached hydrogens (primary N) is 1. The molecular weight excluding hydrogens is 259 g/mol. The number of carbonyl (C=O) groups is 1. The molecule has 1 aromatic carbocycles. The summed E-state index contributed by atoms with van der Waals surface area (Å²) in [6.07, 6.45) is -4.03. The van der Waals surface area contributed by atoms with Gasteiger partial charge in [0.2, 0.25) is 5.91 Å². The molecule has 7 heteroatoms. The zero-order chi connectivity index (χ0) is 14.2. The number of nitrogens with zero attached hydrogens (tertiary/aromatic N) is 1. The van der Waals surface area contributed by atoms with Gasteiger partial charge in [0.1, 0.15) is 6.04 Å². The summed E-state index contributed by atoms with van der Waals surface area (Å²) >= 11 is 0. The maximum absolute atomic E-state index is 12.9. The maximum Gasteiger partial charge on any atom is 0.418 e. The number of nitrogens with one attached hydrogen (secondary N) is 1. The van der Waals surface area contributed by atoms with Crippen LogP contribution in [0.2, 0.25) is 0 Å². The average Bonchev–Trinajstić information content (AvgIpc) is 2.62. The van der Waals surface area contributed by atoms with Crippen molar-refractivity contribution >= 4 is 17.3 Å². The normalized spacial score (nSPS) is 19.9. The average molecular weight is 273 g/mol. The van der Waals surface area contributed by atoms with Crippen LogP contribution >= 0.6 is 0 Å². The fourth-order valence-corrected chi connectivity index (χ4v) is 2.07. The number of rotatable bonds is 2. The standard InChI is InChI=1S/C12H14F3N3O/c1-18-5-4-10(11(18)19)17-9-3-2-7(16)6-8(9)12(13,14)15/h2-3,6,10,17H,4-5,16H2,1H3. The number of nitrogen functional groups attached to an aromatic ring is 1. The topological polar surface area (TPSA) is 58.4 Å². The number of likely N-dealkylation sites (tertiary alicyclic amines) is 1. The number of hydrogen-bond donors (Lipinski definition) is 2. The maximum atomic E-state index is 12.9. The van der Waals surface area contributed by atoms with E-state index in [0.29, 0.717) is 13.0 Å². The molecule has 1 saturated heterocycles. The SMILES string of the molecule is CN1CCC(Nc2ccc(N)cc2C(F)(F)F)C1=O. The van der Waals surface area contributed by atoms with Gasteiger partial charge in [-0.3, -0.25) is 4.79 Å². The molecule has 1 heterocycles. The molecule has 0 bridgehead atoms. The van der Waals surface area contributed by atoms with Crippen LogP contribution < -0.4 is 11.1 Å². The van der Waals surface area contributed by atoms with Gasteiger partial charge in [-0.25, -0.2) is 0 Å². The van der Waals surface area contributed by atoms with E-state index in [0.717, 1.165) is 6.07 Å². The van der Waals surface area contributed by atoms with Gasteiger partial charge >= 0.3 is 6.18 Å². The zero-order valence-electron chi connectivity index (χ0n) is 10.3. The fourth-order valence-electron chi connectivity index (χ4n) is 2.07. The summed E-state index contributed by atoms with van der Waals surface area (Å²) in [6.45, 7) is 0.535. The molecule has 104 valence electrons. The Hall–Kier alpha value is -1.92. The van der Waals surface area contributed by atoms with E-state index in [1.807, 2.05) is 0 Å². The molecule has 1 amide bonds. The van der Waals surface area contributed by atoms with Crippen molar-refractivity contribution in [1.82, 2.24) is 4.90 Å². The molecule has 1 aromatic rings. The molecule has 3 N–H and O–H groups in total. The minimum Gasteiger partial charge on any atom is -0.399 e. The van der Waals surface area contributed by atoms with Gasteiger partial charge < -0.3 is 16.0 Å². The first-order valence-corrected chi connectivity index (χ1v) is 5.77. The highest BCUT2D eigenvalue weighted by molar-refractivity contribution is 5.86. The minimum absolute atomic E-state index is 0.0349. The van der Waals surface area contributed by atoms with Crippen molar-refractivity contribution in [2.75, 3.05) is 24.6 Å². The largest absolute Gasteiger partial charge is 0.418 e. The Bertz CT molecular complexity index is 501. The van der Waals surface area contributed by atoms with Gasteiger partial charge in [-0.05, 0) is 24.6 Å². The van der Waals surface area contributed by atoms with Crippen LogP contribution in [0.4, 0.5) is 24.5 Å². The second-order valence-corrected chi connectivity index (χ2v) is 4.55. The van der Waals surface area contributed by atoms with E-state index in [-0.39, 0.29) is 17.3 Å². The van der Waals surface area contributed by atoms with Crippen molar-refractivity contribution in [3.05, 3.63) is 23.8 Å². The summed E-state index contributed by atoms with van der Waals surface area (Å²) in [5.41, 5.74) is 4.45. The highest BCUT2D eigenvalue weighted by Gasteiger charge is 2.36. The third kappa shape index (κ3) is 2.74. The number of benzene rings is 1. The first-order chi connectivity index (χ1) is 8.79. The predicted octanol–water partition coefficient (Wildman–Crippen LogP) is 1.93. The summed E-state index contributed by atoms with van der Waals surface area (Å²) in [6, 6.07) is 2.88. The molecule has 0 aliphatic carbocycles. The molecular formula is C12H14F3N3O. The Kier molecular flexibility index (Phi) is 3.30. The van der Waals surface area contributed by atoms with Crippen molar-refractivity contribution in [2.24, 2.45) is 0 Å². The number of halogens is 3. The van der Waals surface area contributed by atoms with Crippen LogP contribution in [0.3, 0.4) is 0 Å². The summed E-state index contributed by atoms with van der Waals surface area (Å²) in [4.78, 5) is 13.2. The van der Waals surface area contributed by atoms with Crippen LogP contribution in [-0.4, -0.2) is 30.4 Å². The number of carbonyl (C=O) groups excluding carboxylic acids is 1. The Balaban J connectivity index is 2.28. The predicted molar refractivity (Wildman–Crippen MR) is 65.5 cm³/mol. The third-order valence-electron chi connectivity index (χ3n) is 3.11. The zero-order valence-corrected chi connectivity index (χ0v) is 10.3. The van der Waals surface area contributed by atoms with E-state index in [1.54, 1.807) is 7.05 Å². The molecule has 1 atom stereocenters. The Labute approximate surface area is 108 Å². The van der Waals surface area contributed by atoms with Gasteiger partial charge in [0.15, 0.2) is 0 Å². The molecule has 1 aliphatic heterocycles. The Morgan fingerprint density at radius 2 is 2.11 bits per heavy atom. The molecule has 0 radical (unpaired) electrons. The lowest BCUT2D eigenvalue weighted by molar-refractivity contribution is -0.137. The van der Waals surface area contributed by atoms with Gasteiger partial charge in [-0.1, -0.05) is 0 Å². The second-order valence-electron chi connectivity index (χ2n) is 4.55. The molecule has 1 fully saturated rings. The summed E-state index contributed by atoms with van der Waals surface area (Å²) < 4.78 is 38.7. The number of amides is 1. The molecule has 1 unspecified atom stereocenters. The van der Waals surface area contributed by atoms with E-state index < -0.39 is 17.8 Å². The third-order valence-corrected chi connectivity index (χ3v) is 3.11. The van der Waals surface area contributed by atoms with Crippen LogP contribution in [0.5, 0.6) is 0 Å². The van der Waals surface area contributed by atoms with Gasteiger partial charge in [0, 0.05) is 25.0 Å². The lowest BCUT2D eigenvalue weighted by atomic mass is 10.1. The van der Waals surface area contributed by atoms with Crippen LogP contribution in [-0.2, 0) is 11.0 Å². The first-order valence-electron chi connectivity index (χ1n) is 5.77. The van der Waals surface area contributed by atoms with E-state index >= 15 is 0 Å². The highest BCUT2D eigenvalue weighted by Crippen LogP contribution is 2.36. The van der Waals surface area contributed by atoms with E-state index in [2.05, 4.69) is 5.32 Å². The molecule has 0 spiro atoms.